The van der Waals surface area contributed by atoms with Crippen LogP contribution in [0, 0.1) is 6.92 Å². The minimum absolute atomic E-state index is 0.149. The smallest absolute Gasteiger partial charge is 0.151 e. The molecule has 0 N–H and O–H groups in total. The van der Waals surface area contributed by atoms with E-state index in [1.807, 2.05) is 13.0 Å². The third-order valence-corrected chi connectivity index (χ3v) is 3.82. The molecule has 1 aliphatic heterocycles. The summed E-state index contributed by atoms with van der Waals surface area (Å²) in [5, 5.41) is 0. The third-order valence-electron chi connectivity index (χ3n) is 3.82. The summed E-state index contributed by atoms with van der Waals surface area (Å²) in [5.41, 5.74) is 1.86. The highest BCUT2D eigenvalue weighted by molar-refractivity contribution is 5.75. The van der Waals surface area contributed by atoms with Gasteiger partial charge < -0.3 is 4.90 Å². The number of hydrogen-bond donors (Lipinski definition) is 0. The summed E-state index contributed by atoms with van der Waals surface area (Å²) in [6.07, 6.45) is 2.50. The van der Waals surface area contributed by atoms with E-state index in [0.29, 0.717) is 5.56 Å². The van der Waals surface area contributed by atoms with Crippen molar-refractivity contribution in [1.82, 2.24) is 9.88 Å². The Hall–Kier alpha value is -1.42. The van der Waals surface area contributed by atoms with Crippen LogP contribution in [0.25, 0.3) is 0 Å². The molecule has 98 valence electrons. The van der Waals surface area contributed by atoms with E-state index >= 15 is 0 Å². The Kier molecular flexibility index (Phi) is 3.39. The van der Waals surface area contributed by atoms with Gasteiger partial charge in [-0.3, -0.25) is 9.69 Å². The Morgan fingerprint density at radius 3 is 2.67 bits per heavy atom. The Morgan fingerprint density at radius 2 is 2.11 bits per heavy atom. The molecule has 1 aromatic heterocycles. The number of aryl methyl sites for hydroxylation is 1. The number of pyridine rings is 1. The lowest BCUT2D eigenvalue weighted by atomic mass is 9.99. The number of carbonyl (C=O) groups is 1. The average Bonchev–Trinajstić information content (AvgIpc) is 2.32. The van der Waals surface area contributed by atoms with Crippen LogP contribution in [0.1, 0.15) is 29.8 Å². The van der Waals surface area contributed by atoms with Crippen LogP contribution in [-0.4, -0.2) is 48.4 Å². The maximum absolute atomic E-state index is 10.7. The van der Waals surface area contributed by atoms with Gasteiger partial charge in [-0.25, -0.2) is 4.98 Å². The van der Waals surface area contributed by atoms with Gasteiger partial charge in [-0.1, -0.05) is 0 Å². The van der Waals surface area contributed by atoms with Gasteiger partial charge in [-0.2, -0.15) is 0 Å². The number of aldehydes is 1. The van der Waals surface area contributed by atoms with Crippen molar-refractivity contribution < 1.29 is 4.79 Å². The molecular weight excluding hydrogens is 226 g/mol. The minimum Gasteiger partial charge on any atom is -0.353 e. The summed E-state index contributed by atoms with van der Waals surface area (Å²) < 4.78 is 0. The second-order valence-corrected chi connectivity index (χ2v) is 5.68. The van der Waals surface area contributed by atoms with Crippen molar-refractivity contribution in [2.24, 2.45) is 0 Å². The van der Waals surface area contributed by atoms with Crippen LogP contribution in [0.15, 0.2) is 12.3 Å². The molecule has 1 aromatic rings. The fourth-order valence-electron chi connectivity index (χ4n) is 2.41. The van der Waals surface area contributed by atoms with Crippen LogP contribution in [-0.2, 0) is 0 Å². The Bertz CT molecular complexity index is 456. The van der Waals surface area contributed by atoms with E-state index in [9.17, 15) is 4.79 Å². The number of anilines is 1. The molecule has 2 rings (SSSR count). The lowest BCUT2D eigenvalue weighted by molar-refractivity contribution is 0.112. The summed E-state index contributed by atoms with van der Waals surface area (Å²) in [4.78, 5) is 19.9. The van der Waals surface area contributed by atoms with E-state index in [4.69, 9.17) is 0 Å². The van der Waals surface area contributed by atoms with E-state index in [-0.39, 0.29) is 5.54 Å². The highest BCUT2D eigenvalue weighted by Gasteiger charge is 2.31. The van der Waals surface area contributed by atoms with Gasteiger partial charge in [0.15, 0.2) is 6.29 Å². The van der Waals surface area contributed by atoms with Crippen molar-refractivity contribution in [3.63, 3.8) is 0 Å². The summed E-state index contributed by atoms with van der Waals surface area (Å²) in [5.74, 6) is 1.00. The number of carbonyl (C=O) groups excluding carboxylic acids is 1. The zero-order chi connectivity index (χ0) is 13.3. The standard InChI is InChI=1S/C14H21N3O/c1-11-7-12(9-18)8-15-13(11)17-6-5-16(4)14(2,3)10-17/h7-9H,5-6,10H2,1-4H3. The molecule has 2 heterocycles. The van der Waals surface area contributed by atoms with Crippen LogP contribution in [0.3, 0.4) is 0 Å². The average molecular weight is 247 g/mol. The van der Waals surface area contributed by atoms with Gasteiger partial charge in [-0.05, 0) is 39.4 Å². The van der Waals surface area contributed by atoms with Crippen molar-refractivity contribution >= 4 is 12.1 Å². The van der Waals surface area contributed by atoms with Crippen LogP contribution >= 0.6 is 0 Å². The number of nitrogens with zero attached hydrogens (tertiary/aromatic N) is 3. The van der Waals surface area contributed by atoms with E-state index in [2.05, 4.69) is 35.7 Å². The molecule has 1 fully saturated rings. The number of hydrogen-bond acceptors (Lipinski definition) is 4. The maximum atomic E-state index is 10.7. The molecular formula is C14H21N3O. The Balaban J connectivity index is 2.25. The fourth-order valence-corrected chi connectivity index (χ4v) is 2.41. The number of likely N-dealkylation sites (N-methyl/N-ethyl adjacent to an activating group) is 1. The molecule has 0 aromatic carbocycles. The molecule has 0 atom stereocenters. The summed E-state index contributed by atoms with van der Waals surface area (Å²) in [6.45, 7) is 9.47. The zero-order valence-corrected chi connectivity index (χ0v) is 11.6. The lowest BCUT2D eigenvalue weighted by Crippen LogP contribution is -2.58. The van der Waals surface area contributed by atoms with Crippen LogP contribution < -0.4 is 4.90 Å². The molecule has 4 nitrogen and oxygen atoms in total. The molecule has 18 heavy (non-hydrogen) atoms. The number of piperazine rings is 1. The molecule has 0 spiro atoms. The van der Waals surface area contributed by atoms with E-state index in [1.165, 1.54) is 0 Å². The van der Waals surface area contributed by atoms with Crippen molar-refractivity contribution in [3.8, 4) is 0 Å². The maximum Gasteiger partial charge on any atom is 0.151 e. The SMILES string of the molecule is Cc1cc(C=O)cnc1N1CCN(C)C(C)(C)C1. The fraction of sp³-hybridized carbons (Fsp3) is 0.571. The van der Waals surface area contributed by atoms with Gasteiger partial charge >= 0.3 is 0 Å². The predicted octanol–water partition coefficient (Wildman–Crippen LogP) is 1.73. The number of rotatable bonds is 2. The highest BCUT2D eigenvalue weighted by atomic mass is 16.1. The van der Waals surface area contributed by atoms with Gasteiger partial charge in [0, 0.05) is 36.9 Å². The Labute approximate surface area is 109 Å². The van der Waals surface area contributed by atoms with Gasteiger partial charge in [0.25, 0.3) is 0 Å². The van der Waals surface area contributed by atoms with Crippen molar-refractivity contribution in [2.45, 2.75) is 26.3 Å². The quantitative estimate of drug-likeness (QED) is 0.746. The molecule has 0 aliphatic carbocycles. The van der Waals surface area contributed by atoms with Gasteiger partial charge in [0.1, 0.15) is 5.82 Å². The second-order valence-electron chi connectivity index (χ2n) is 5.68. The predicted molar refractivity (Wildman–Crippen MR) is 73.3 cm³/mol. The second kappa shape index (κ2) is 4.69. The van der Waals surface area contributed by atoms with E-state index < -0.39 is 0 Å². The molecule has 0 saturated carbocycles. The van der Waals surface area contributed by atoms with Gasteiger partial charge in [-0.15, -0.1) is 0 Å². The van der Waals surface area contributed by atoms with Crippen molar-refractivity contribution in [1.29, 1.82) is 0 Å². The molecule has 1 saturated heterocycles. The van der Waals surface area contributed by atoms with E-state index in [1.54, 1.807) is 6.20 Å². The first-order valence-electron chi connectivity index (χ1n) is 6.32. The molecule has 0 unspecified atom stereocenters. The van der Waals surface area contributed by atoms with E-state index in [0.717, 1.165) is 37.3 Å². The van der Waals surface area contributed by atoms with Crippen LogP contribution in [0.4, 0.5) is 5.82 Å². The zero-order valence-electron chi connectivity index (χ0n) is 11.6. The van der Waals surface area contributed by atoms with Gasteiger partial charge in [0.2, 0.25) is 0 Å². The normalized spacial score (nSPS) is 19.9. The first-order chi connectivity index (χ1) is 8.44. The summed E-state index contributed by atoms with van der Waals surface area (Å²) >= 11 is 0. The summed E-state index contributed by atoms with van der Waals surface area (Å²) in [6, 6.07) is 1.90. The number of aromatic nitrogens is 1. The van der Waals surface area contributed by atoms with Crippen molar-refractivity contribution in [3.05, 3.63) is 23.4 Å². The molecule has 0 radical (unpaired) electrons. The summed E-state index contributed by atoms with van der Waals surface area (Å²) in [7, 11) is 2.16. The van der Waals surface area contributed by atoms with Crippen LogP contribution in [0.2, 0.25) is 0 Å². The van der Waals surface area contributed by atoms with Crippen molar-refractivity contribution in [2.75, 3.05) is 31.6 Å². The third kappa shape index (κ3) is 2.38. The molecule has 0 amide bonds. The van der Waals surface area contributed by atoms with Crippen LogP contribution in [0.5, 0.6) is 0 Å². The molecule has 4 heteroatoms. The molecule has 0 bridgehead atoms. The topological polar surface area (TPSA) is 36.4 Å². The first-order valence-corrected chi connectivity index (χ1v) is 6.32. The monoisotopic (exact) mass is 247 g/mol. The minimum atomic E-state index is 0.149. The first kappa shape index (κ1) is 13.0. The van der Waals surface area contributed by atoms with Gasteiger partial charge in [0.05, 0.1) is 0 Å². The highest BCUT2D eigenvalue weighted by Crippen LogP contribution is 2.25. The largest absolute Gasteiger partial charge is 0.353 e. The lowest BCUT2D eigenvalue weighted by Gasteiger charge is -2.46. The Morgan fingerprint density at radius 1 is 1.39 bits per heavy atom. The molecule has 1 aliphatic rings.